The maximum atomic E-state index is 4.43. The summed E-state index contributed by atoms with van der Waals surface area (Å²) < 4.78 is -0.267. The van der Waals surface area contributed by atoms with Crippen molar-refractivity contribution in [3.8, 4) is 0 Å². The fourth-order valence-electron chi connectivity index (χ4n) is 1.03. The highest BCUT2D eigenvalue weighted by Gasteiger charge is 2.20. The molecule has 0 N–H and O–H groups in total. The van der Waals surface area contributed by atoms with Gasteiger partial charge in [-0.2, -0.15) is 12.6 Å². The predicted octanol–water partition coefficient (Wildman–Crippen LogP) is 2.94. The second-order valence-electron chi connectivity index (χ2n) is 5.10. The molecule has 0 amide bonds. The fraction of sp³-hybridized carbons (Fsp3) is 0.636. The van der Waals surface area contributed by atoms with Crippen molar-refractivity contribution in [2.75, 3.05) is 0 Å². The molecule has 1 heterocycles. The third-order valence-electron chi connectivity index (χ3n) is 2.07. The van der Waals surface area contributed by atoms with Crippen molar-refractivity contribution >= 4 is 12.6 Å². The summed E-state index contributed by atoms with van der Waals surface area (Å²) in [6, 6.07) is 0. The molecule has 0 aromatic carbocycles. The van der Waals surface area contributed by atoms with E-state index in [0.29, 0.717) is 0 Å². The van der Waals surface area contributed by atoms with Gasteiger partial charge in [-0.25, -0.2) is 9.97 Å². The van der Waals surface area contributed by atoms with E-state index in [-0.39, 0.29) is 10.2 Å². The zero-order chi connectivity index (χ0) is 11.0. The van der Waals surface area contributed by atoms with Crippen LogP contribution in [0.1, 0.15) is 46.0 Å². The average Bonchev–Trinajstić information content (AvgIpc) is 2.01. The van der Waals surface area contributed by atoms with E-state index >= 15 is 0 Å². The summed E-state index contributed by atoms with van der Waals surface area (Å²) in [5, 5.41) is 0. The third-order valence-corrected chi connectivity index (χ3v) is 2.27. The van der Waals surface area contributed by atoms with Crippen LogP contribution in [0.4, 0.5) is 0 Å². The van der Waals surface area contributed by atoms with Gasteiger partial charge in [-0.1, -0.05) is 20.8 Å². The Labute approximate surface area is 91.6 Å². The molecule has 1 aromatic heterocycles. The van der Waals surface area contributed by atoms with Crippen LogP contribution in [-0.4, -0.2) is 9.97 Å². The quantitative estimate of drug-likeness (QED) is 0.721. The number of hydrogen-bond donors (Lipinski definition) is 1. The van der Waals surface area contributed by atoms with Crippen molar-refractivity contribution in [1.82, 2.24) is 9.97 Å². The van der Waals surface area contributed by atoms with E-state index in [9.17, 15) is 0 Å². The Balaban J connectivity index is 3.02. The molecule has 0 atom stereocenters. The smallest absolute Gasteiger partial charge is 0.143 e. The molecule has 0 unspecified atom stereocenters. The van der Waals surface area contributed by atoms with Gasteiger partial charge in [-0.3, -0.25) is 0 Å². The first-order valence-electron chi connectivity index (χ1n) is 4.76. The Kier molecular flexibility index (Phi) is 2.91. The summed E-state index contributed by atoms with van der Waals surface area (Å²) in [6.45, 7) is 10.4. The second-order valence-corrected chi connectivity index (χ2v) is 6.22. The summed E-state index contributed by atoms with van der Waals surface area (Å²) in [5.74, 6) is 0.772. The van der Waals surface area contributed by atoms with Crippen LogP contribution in [0.5, 0.6) is 0 Å². The van der Waals surface area contributed by atoms with Crippen molar-refractivity contribution in [3.05, 3.63) is 23.8 Å². The van der Waals surface area contributed by atoms with Crippen LogP contribution < -0.4 is 0 Å². The SMILES string of the molecule is CC(C)(C)c1cnc(C(C)(C)S)nc1. The lowest BCUT2D eigenvalue weighted by Gasteiger charge is -2.20. The topological polar surface area (TPSA) is 25.8 Å². The van der Waals surface area contributed by atoms with Crippen molar-refractivity contribution in [1.29, 1.82) is 0 Å². The van der Waals surface area contributed by atoms with Gasteiger partial charge in [-0.05, 0) is 24.8 Å². The number of hydrogen-bond acceptors (Lipinski definition) is 3. The van der Waals surface area contributed by atoms with Crippen molar-refractivity contribution < 1.29 is 0 Å². The lowest BCUT2D eigenvalue weighted by Crippen LogP contribution is -2.17. The molecule has 1 aromatic rings. The number of aromatic nitrogens is 2. The van der Waals surface area contributed by atoms with E-state index in [1.807, 2.05) is 26.2 Å². The normalized spacial score (nSPS) is 13.0. The van der Waals surface area contributed by atoms with Crippen molar-refractivity contribution in [3.63, 3.8) is 0 Å². The van der Waals surface area contributed by atoms with Gasteiger partial charge in [0.05, 0.1) is 4.75 Å². The number of nitrogens with zero attached hydrogens (tertiary/aromatic N) is 2. The van der Waals surface area contributed by atoms with Crippen LogP contribution in [0.3, 0.4) is 0 Å². The van der Waals surface area contributed by atoms with Gasteiger partial charge in [0.2, 0.25) is 0 Å². The molecule has 0 aliphatic carbocycles. The van der Waals surface area contributed by atoms with Gasteiger partial charge in [0.1, 0.15) is 5.82 Å². The molecule has 0 saturated heterocycles. The number of rotatable bonds is 1. The van der Waals surface area contributed by atoms with Crippen LogP contribution in [-0.2, 0) is 10.2 Å². The molecule has 0 aliphatic heterocycles. The minimum atomic E-state index is -0.267. The fourth-order valence-corrected chi connectivity index (χ4v) is 1.15. The monoisotopic (exact) mass is 210 g/mol. The molecular weight excluding hydrogens is 192 g/mol. The van der Waals surface area contributed by atoms with Crippen LogP contribution in [0.15, 0.2) is 12.4 Å². The maximum absolute atomic E-state index is 4.43. The van der Waals surface area contributed by atoms with Crippen molar-refractivity contribution in [2.24, 2.45) is 0 Å². The Morgan fingerprint density at radius 1 is 1.00 bits per heavy atom. The highest BCUT2D eigenvalue weighted by Crippen LogP contribution is 2.25. The molecule has 0 fully saturated rings. The maximum Gasteiger partial charge on any atom is 0.143 e. The molecule has 0 aliphatic rings. The standard InChI is InChI=1S/C11H18N2S/c1-10(2,3)8-6-12-9(13-7-8)11(4,5)14/h6-7,14H,1-5H3. The van der Waals surface area contributed by atoms with Gasteiger partial charge in [0.15, 0.2) is 0 Å². The summed E-state index contributed by atoms with van der Waals surface area (Å²) in [5.41, 5.74) is 1.26. The molecule has 2 nitrogen and oxygen atoms in total. The Bertz CT molecular complexity index is 271. The minimum absolute atomic E-state index is 0.110. The summed E-state index contributed by atoms with van der Waals surface area (Å²) >= 11 is 4.43. The molecule has 0 bridgehead atoms. The largest absolute Gasteiger partial charge is 0.240 e. The van der Waals surface area contributed by atoms with Crippen LogP contribution in [0.25, 0.3) is 0 Å². The van der Waals surface area contributed by atoms with Gasteiger partial charge in [-0.15, -0.1) is 0 Å². The van der Waals surface area contributed by atoms with Gasteiger partial charge in [0, 0.05) is 12.4 Å². The van der Waals surface area contributed by atoms with E-state index < -0.39 is 0 Å². The first kappa shape index (κ1) is 11.5. The molecule has 1 rings (SSSR count). The Morgan fingerprint density at radius 3 is 1.71 bits per heavy atom. The Hall–Kier alpha value is -0.570. The summed E-state index contributed by atoms with van der Waals surface area (Å²) in [7, 11) is 0. The summed E-state index contributed by atoms with van der Waals surface area (Å²) in [4.78, 5) is 8.66. The van der Waals surface area contributed by atoms with Crippen molar-refractivity contribution in [2.45, 2.75) is 44.8 Å². The first-order valence-corrected chi connectivity index (χ1v) is 5.21. The third kappa shape index (κ3) is 2.71. The molecule has 0 radical (unpaired) electrons. The van der Waals surface area contributed by atoms with Gasteiger partial charge < -0.3 is 0 Å². The van der Waals surface area contributed by atoms with Gasteiger partial charge in [0.25, 0.3) is 0 Å². The predicted molar refractivity (Wildman–Crippen MR) is 62.7 cm³/mol. The lowest BCUT2D eigenvalue weighted by molar-refractivity contribution is 0.578. The van der Waals surface area contributed by atoms with Gasteiger partial charge >= 0.3 is 0 Å². The molecule has 3 heteroatoms. The van der Waals surface area contributed by atoms with E-state index in [4.69, 9.17) is 0 Å². The lowest BCUT2D eigenvalue weighted by atomic mass is 9.89. The molecular formula is C11H18N2S. The van der Waals surface area contributed by atoms with E-state index in [2.05, 4.69) is 43.4 Å². The van der Waals surface area contributed by atoms with E-state index in [1.54, 1.807) is 0 Å². The molecule has 78 valence electrons. The zero-order valence-corrected chi connectivity index (χ0v) is 10.4. The molecule has 0 spiro atoms. The van der Waals surface area contributed by atoms with Crippen LogP contribution in [0, 0.1) is 0 Å². The van der Waals surface area contributed by atoms with Crippen LogP contribution in [0.2, 0.25) is 0 Å². The minimum Gasteiger partial charge on any atom is -0.240 e. The second kappa shape index (κ2) is 3.54. The van der Waals surface area contributed by atoms with Crippen LogP contribution >= 0.6 is 12.6 Å². The number of thiol groups is 1. The summed E-state index contributed by atoms with van der Waals surface area (Å²) in [6.07, 6.45) is 3.78. The molecule has 14 heavy (non-hydrogen) atoms. The highest BCUT2D eigenvalue weighted by molar-refractivity contribution is 7.81. The van der Waals surface area contributed by atoms with E-state index in [1.165, 1.54) is 0 Å². The molecule has 0 saturated carbocycles. The Morgan fingerprint density at radius 2 is 1.43 bits per heavy atom. The first-order chi connectivity index (χ1) is 6.21. The highest BCUT2D eigenvalue weighted by atomic mass is 32.1. The van der Waals surface area contributed by atoms with E-state index in [0.717, 1.165) is 11.4 Å². The zero-order valence-electron chi connectivity index (χ0n) is 9.50. The average molecular weight is 210 g/mol.